The van der Waals surface area contributed by atoms with Gasteiger partial charge in [0.05, 0.1) is 5.25 Å². The number of piperidine rings is 1. The van der Waals surface area contributed by atoms with E-state index in [1.54, 1.807) is 11.8 Å². The molecule has 3 nitrogen and oxygen atoms in total. The minimum Gasteiger partial charge on any atom is -0.340 e. The molecule has 1 heterocycles. The molecule has 1 aliphatic rings. The molecule has 1 fully saturated rings. The first kappa shape index (κ1) is 18.3. The molecule has 1 aromatic rings. The van der Waals surface area contributed by atoms with Crippen molar-refractivity contribution in [3.05, 3.63) is 30.3 Å². The minimum absolute atomic E-state index is 0. The maximum Gasteiger partial charge on any atom is 0.236 e. The molecular weight excluding hydrogens is 304 g/mol. The lowest BCUT2D eigenvalue weighted by atomic mass is 10.1. The van der Waals surface area contributed by atoms with Gasteiger partial charge in [0.2, 0.25) is 5.91 Å². The Bertz CT molecular complexity index is 430. The van der Waals surface area contributed by atoms with Crippen molar-refractivity contribution in [2.24, 2.45) is 0 Å². The number of halogens is 1. The zero-order chi connectivity index (χ0) is 14.4. The lowest BCUT2D eigenvalue weighted by Gasteiger charge is -2.34. The van der Waals surface area contributed by atoms with Crippen LogP contribution in [0.15, 0.2) is 35.2 Å². The number of rotatable bonds is 5. The van der Waals surface area contributed by atoms with E-state index in [4.69, 9.17) is 0 Å². The van der Waals surface area contributed by atoms with Crippen LogP contribution in [0.5, 0.6) is 0 Å². The summed E-state index contributed by atoms with van der Waals surface area (Å²) in [6.45, 7) is 3.85. The second-order valence-electron chi connectivity index (χ2n) is 5.24. The highest BCUT2D eigenvalue weighted by atomic mass is 35.5. The molecule has 0 aromatic heterocycles. The van der Waals surface area contributed by atoms with Gasteiger partial charge in [-0.2, -0.15) is 0 Å². The molecule has 2 atom stereocenters. The van der Waals surface area contributed by atoms with Crippen molar-refractivity contribution >= 4 is 30.1 Å². The maximum atomic E-state index is 12.7. The molecule has 21 heavy (non-hydrogen) atoms. The lowest BCUT2D eigenvalue weighted by Crippen LogP contribution is -2.49. The van der Waals surface area contributed by atoms with Crippen molar-refractivity contribution in [1.82, 2.24) is 10.2 Å². The first-order valence-electron chi connectivity index (χ1n) is 7.42. The van der Waals surface area contributed by atoms with Crippen LogP contribution in [0.3, 0.4) is 0 Å². The van der Waals surface area contributed by atoms with Gasteiger partial charge in [0.15, 0.2) is 0 Å². The topological polar surface area (TPSA) is 32.3 Å². The SMILES string of the molecule is CCC(Sc1ccccc1)C(=O)N1CCCC(NC)C1.Cl. The van der Waals surface area contributed by atoms with Crippen molar-refractivity contribution < 1.29 is 4.79 Å². The molecular formula is C16H25ClN2OS. The molecule has 118 valence electrons. The van der Waals surface area contributed by atoms with Crippen LogP contribution >= 0.6 is 24.2 Å². The normalized spacial score (nSPS) is 19.7. The first-order valence-corrected chi connectivity index (χ1v) is 8.30. The summed E-state index contributed by atoms with van der Waals surface area (Å²) < 4.78 is 0. The fourth-order valence-corrected chi connectivity index (χ4v) is 3.65. The monoisotopic (exact) mass is 328 g/mol. The van der Waals surface area contributed by atoms with Crippen LogP contribution in [-0.2, 0) is 4.79 Å². The van der Waals surface area contributed by atoms with Crippen LogP contribution in [0, 0.1) is 0 Å². The van der Waals surface area contributed by atoms with Gasteiger partial charge in [-0.25, -0.2) is 0 Å². The third-order valence-corrected chi connectivity index (χ3v) is 5.17. The van der Waals surface area contributed by atoms with E-state index < -0.39 is 0 Å². The van der Waals surface area contributed by atoms with E-state index in [0.717, 1.165) is 25.9 Å². The van der Waals surface area contributed by atoms with Gasteiger partial charge < -0.3 is 10.2 Å². The van der Waals surface area contributed by atoms with Crippen molar-refractivity contribution in [3.8, 4) is 0 Å². The van der Waals surface area contributed by atoms with Crippen molar-refractivity contribution in [1.29, 1.82) is 0 Å². The van der Waals surface area contributed by atoms with E-state index >= 15 is 0 Å². The van der Waals surface area contributed by atoms with Gasteiger partial charge in [-0.05, 0) is 38.4 Å². The molecule has 1 aliphatic heterocycles. The number of amides is 1. The molecule has 2 rings (SSSR count). The van der Waals surface area contributed by atoms with E-state index in [0.29, 0.717) is 11.9 Å². The number of carbonyl (C=O) groups is 1. The van der Waals surface area contributed by atoms with Crippen LogP contribution in [0.25, 0.3) is 0 Å². The van der Waals surface area contributed by atoms with Crippen LogP contribution in [-0.4, -0.2) is 42.2 Å². The average molecular weight is 329 g/mol. The highest BCUT2D eigenvalue weighted by Crippen LogP contribution is 2.27. The van der Waals surface area contributed by atoms with Crippen LogP contribution < -0.4 is 5.32 Å². The average Bonchev–Trinajstić information content (AvgIpc) is 2.53. The molecule has 0 radical (unpaired) electrons. The van der Waals surface area contributed by atoms with Gasteiger partial charge in [0.1, 0.15) is 0 Å². The predicted molar refractivity (Wildman–Crippen MR) is 92.3 cm³/mol. The molecule has 1 aromatic carbocycles. The molecule has 0 aliphatic carbocycles. The highest BCUT2D eigenvalue weighted by Gasteiger charge is 2.28. The fraction of sp³-hybridized carbons (Fsp3) is 0.562. The maximum absolute atomic E-state index is 12.7. The zero-order valence-electron chi connectivity index (χ0n) is 12.7. The lowest BCUT2D eigenvalue weighted by molar-refractivity contribution is -0.131. The van der Waals surface area contributed by atoms with Gasteiger partial charge in [-0.15, -0.1) is 24.2 Å². The van der Waals surface area contributed by atoms with E-state index in [1.807, 2.05) is 30.1 Å². The van der Waals surface area contributed by atoms with E-state index in [9.17, 15) is 4.79 Å². The number of hydrogen-bond acceptors (Lipinski definition) is 3. The van der Waals surface area contributed by atoms with Gasteiger partial charge in [0.25, 0.3) is 0 Å². The van der Waals surface area contributed by atoms with Crippen molar-refractivity contribution in [2.45, 2.75) is 42.4 Å². The Morgan fingerprint density at radius 2 is 2.14 bits per heavy atom. The summed E-state index contributed by atoms with van der Waals surface area (Å²) in [5, 5.41) is 3.33. The summed E-state index contributed by atoms with van der Waals surface area (Å²) in [6, 6.07) is 10.7. The predicted octanol–water partition coefficient (Wildman–Crippen LogP) is 3.19. The second-order valence-corrected chi connectivity index (χ2v) is 6.52. The third kappa shape index (κ3) is 5.20. The molecule has 2 unspecified atom stereocenters. The number of likely N-dealkylation sites (tertiary alicyclic amines) is 1. The van der Waals surface area contributed by atoms with E-state index in [-0.39, 0.29) is 17.7 Å². The number of carbonyl (C=O) groups excluding carboxylic acids is 1. The molecule has 5 heteroatoms. The Balaban J connectivity index is 0.00000220. The smallest absolute Gasteiger partial charge is 0.236 e. The Hall–Kier alpha value is -0.710. The Morgan fingerprint density at radius 3 is 2.76 bits per heavy atom. The molecule has 1 amide bonds. The minimum atomic E-state index is 0. The Kier molecular flexibility index (Phi) is 8.15. The third-order valence-electron chi connectivity index (χ3n) is 3.81. The number of thioether (sulfide) groups is 1. The Labute approximate surface area is 138 Å². The summed E-state index contributed by atoms with van der Waals surface area (Å²) >= 11 is 1.69. The van der Waals surface area contributed by atoms with Crippen LogP contribution in [0.4, 0.5) is 0 Å². The number of hydrogen-bond donors (Lipinski definition) is 1. The molecule has 0 saturated carbocycles. The van der Waals surface area contributed by atoms with Gasteiger partial charge in [-0.1, -0.05) is 25.1 Å². The summed E-state index contributed by atoms with van der Waals surface area (Å²) in [7, 11) is 1.98. The molecule has 1 N–H and O–H groups in total. The standard InChI is InChI=1S/C16H24N2OS.ClH/c1-3-15(20-14-9-5-4-6-10-14)16(19)18-11-7-8-13(12-18)17-2;/h4-6,9-10,13,15,17H,3,7-8,11-12H2,1-2H3;1H. The van der Waals surface area contributed by atoms with E-state index in [2.05, 4.69) is 24.4 Å². The fourth-order valence-electron chi connectivity index (χ4n) is 2.59. The number of nitrogens with zero attached hydrogens (tertiary/aromatic N) is 1. The quantitative estimate of drug-likeness (QED) is 0.842. The van der Waals surface area contributed by atoms with Gasteiger partial charge in [-0.3, -0.25) is 4.79 Å². The Morgan fingerprint density at radius 1 is 1.43 bits per heavy atom. The van der Waals surface area contributed by atoms with Gasteiger partial charge >= 0.3 is 0 Å². The second kappa shape index (κ2) is 9.34. The number of benzene rings is 1. The molecule has 0 bridgehead atoms. The molecule has 1 saturated heterocycles. The highest BCUT2D eigenvalue weighted by molar-refractivity contribution is 8.00. The number of nitrogens with one attached hydrogen (secondary N) is 1. The molecule has 0 spiro atoms. The summed E-state index contributed by atoms with van der Waals surface area (Å²) in [4.78, 5) is 15.9. The van der Waals surface area contributed by atoms with Crippen LogP contribution in [0.1, 0.15) is 26.2 Å². The van der Waals surface area contributed by atoms with E-state index in [1.165, 1.54) is 11.3 Å². The largest absolute Gasteiger partial charge is 0.340 e. The first-order chi connectivity index (χ1) is 9.74. The zero-order valence-corrected chi connectivity index (χ0v) is 14.4. The van der Waals surface area contributed by atoms with Crippen molar-refractivity contribution in [3.63, 3.8) is 0 Å². The number of likely N-dealkylation sites (N-methyl/N-ethyl adjacent to an activating group) is 1. The summed E-state index contributed by atoms with van der Waals surface area (Å²) in [5.74, 6) is 0.293. The summed E-state index contributed by atoms with van der Waals surface area (Å²) in [5.41, 5.74) is 0. The van der Waals surface area contributed by atoms with Crippen LogP contribution in [0.2, 0.25) is 0 Å². The van der Waals surface area contributed by atoms with Crippen molar-refractivity contribution in [2.75, 3.05) is 20.1 Å². The summed E-state index contributed by atoms with van der Waals surface area (Å²) in [6.07, 6.45) is 3.14. The van der Waals surface area contributed by atoms with Gasteiger partial charge in [0, 0.05) is 24.0 Å².